The number of hydrogen-bond acceptors (Lipinski definition) is 4. The minimum atomic E-state index is -0.367. The summed E-state index contributed by atoms with van der Waals surface area (Å²) in [5.41, 5.74) is 0.709. The molecule has 2 aromatic heterocycles. The first kappa shape index (κ1) is 7.72. The number of nitrogens with one attached hydrogen (secondary N) is 1. The van der Waals surface area contributed by atoms with Gasteiger partial charge in [-0.15, -0.1) is 0 Å². The average molecular weight is 177 g/mol. The molecule has 0 fully saturated rings. The summed E-state index contributed by atoms with van der Waals surface area (Å²) < 4.78 is 4.77. The Labute approximate surface area is 73.4 Å². The standard InChI is InChI=1S/C8H7N3O2/c1-13-8-7(12)11-6-5(10-8)3-2-4-9-6/h2-4H,1H3,(H,9,11,12). The van der Waals surface area contributed by atoms with E-state index in [-0.39, 0.29) is 11.4 Å². The molecule has 0 aliphatic rings. The maximum absolute atomic E-state index is 11.2. The summed E-state index contributed by atoms with van der Waals surface area (Å²) in [5.74, 6) is 0.0560. The molecule has 0 atom stereocenters. The van der Waals surface area contributed by atoms with E-state index in [1.165, 1.54) is 7.11 Å². The largest absolute Gasteiger partial charge is 0.477 e. The highest BCUT2D eigenvalue weighted by atomic mass is 16.5. The number of fused-ring (bicyclic) bond motifs is 1. The number of nitrogens with zero attached hydrogens (tertiary/aromatic N) is 2. The number of hydrogen-bond donors (Lipinski definition) is 1. The number of H-pyrrole nitrogens is 1. The fraction of sp³-hybridized carbons (Fsp3) is 0.125. The van der Waals surface area contributed by atoms with Crippen LogP contribution in [0.1, 0.15) is 0 Å². The molecular weight excluding hydrogens is 170 g/mol. The van der Waals surface area contributed by atoms with Gasteiger partial charge in [0.2, 0.25) is 0 Å². The maximum Gasteiger partial charge on any atom is 0.312 e. The molecule has 0 amide bonds. The summed E-state index contributed by atoms with van der Waals surface area (Å²) in [6.07, 6.45) is 1.59. The average Bonchev–Trinajstić information content (AvgIpc) is 2.17. The molecule has 1 N–H and O–H groups in total. The monoisotopic (exact) mass is 177 g/mol. The van der Waals surface area contributed by atoms with Crippen LogP contribution in [0, 0.1) is 0 Å². The van der Waals surface area contributed by atoms with Gasteiger partial charge >= 0.3 is 5.56 Å². The normalized spacial score (nSPS) is 10.2. The summed E-state index contributed by atoms with van der Waals surface area (Å²) in [7, 11) is 1.40. The first-order valence-electron chi connectivity index (χ1n) is 3.70. The Balaban J connectivity index is 2.81. The Kier molecular flexibility index (Phi) is 1.70. The van der Waals surface area contributed by atoms with Gasteiger partial charge in [0.1, 0.15) is 5.52 Å². The zero-order valence-corrected chi connectivity index (χ0v) is 6.94. The Morgan fingerprint density at radius 2 is 2.38 bits per heavy atom. The fourth-order valence-electron chi connectivity index (χ4n) is 1.04. The molecule has 0 aliphatic heterocycles. The molecule has 0 bridgehead atoms. The van der Waals surface area contributed by atoms with Crippen LogP contribution in [0.3, 0.4) is 0 Å². The number of pyridine rings is 1. The summed E-state index contributed by atoms with van der Waals surface area (Å²) in [4.78, 5) is 21.6. The minimum absolute atomic E-state index is 0.0560. The topological polar surface area (TPSA) is 67.9 Å². The molecule has 0 radical (unpaired) electrons. The third-order valence-corrected chi connectivity index (χ3v) is 1.63. The van der Waals surface area contributed by atoms with Crippen LogP contribution in [0.25, 0.3) is 11.2 Å². The van der Waals surface area contributed by atoms with Gasteiger partial charge in [-0.05, 0) is 12.1 Å². The Bertz CT molecular complexity index is 492. The van der Waals surface area contributed by atoms with Crippen molar-refractivity contribution in [1.29, 1.82) is 0 Å². The molecule has 0 saturated heterocycles. The third kappa shape index (κ3) is 1.24. The lowest BCUT2D eigenvalue weighted by molar-refractivity contribution is 0.393. The summed E-state index contributed by atoms with van der Waals surface area (Å²) in [6, 6.07) is 3.49. The summed E-state index contributed by atoms with van der Waals surface area (Å²) >= 11 is 0. The predicted molar refractivity (Wildman–Crippen MR) is 46.7 cm³/mol. The van der Waals surface area contributed by atoms with Crippen LogP contribution in [-0.2, 0) is 0 Å². The van der Waals surface area contributed by atoms with E-state index in [1.807, 2.05) is 0 Å². The van der Waals surface area contributed by atoms with Crippen LogP contribution in [0.5, 0.6) is 5.88 Å². The zero-order chi connectivity index (χ0) is 9.26. The van der Waals surface area contributed by atoms with Gasteiger partial charge in [-0.1, -0.05) is 0 Å². The minimum Gasteiger partial charge on any atom is -0.477 e. The zero-order valence-electron chi connectivity index (χ0n) is 6.94. The number of ether oxygens (including phenoxy) is 1. The number of aromatic amines is 1. The van der Waals surface area contributed by atoms with Crippen LogP contribution >= 0.6 is 0 Å². The third-order valence-electron chi connectivity index (χ3n) is 1.63. The van der Waals surface area contributed by atoms with Crippen LogP contribution < -0.4 is 10.3 Å². The molecule has 2 aromatic rings. The lowest BCUT2D eigenvalue weighted by atomic mass is 10.4. The molecule has 5 nitrogen and oxygen atoms in total. The smallest absolute Gasteiger partial charge is 0.312 e. The molecule has 2 heterocycles. The van der Waals surface area contributed by atoms with Gasteiger partial charge in [-0.2, -0.15) is 0 Å². The van der Waals surface area contributed by atoms with E-state index in [0.717, 1.165) is 0 Å². The molecule has 0 aliphatic carbocycles. The maximum atomic E-state index is 11.2. The molecule has 0 spiro atoms. The fourth-order valence-corrected chi connectivity index (χ4v) is 1.04. The SMILES string of the molecule is COc1nc2cccnc2[nH]c1=O. The number of aromatic nitrogens is 3. The van der Waals surface area contributed by atoms with E-state index in [9.17, 15) is 4.79 Å². The van der Waals surface area contributed by atoms with E-state index in [0.29, 0.717) is 11.2 Å². The van der Waals surface area contributed by atoms with Crippen molar-refractivity contribution in [2.45, 2.75) is 0 Å². The van der Waals surface area contributed by atoms with Crippen molar-refractivity contribution in [3.05, 3.63) is 28.7 Å². The summed E-state index contributed by atoms with van der Waals surface area (Å²) in [6.45, 7) is 0. The molecule has 66 valence electrons. The van der Waals surface area contributed by atoms with Crippen LogP contribution in [0.4, 0.5) is 0 Å². The molecule has 0 saturated carbocycles. The van der Waals surface area contributed by atoms with Gasteiger partial charge in [-0.25, -0.2) is 9.97 Å². The number of rotatable bonds is 1. The van der Waals surface area contributed by atoms with Crippen molar-refractivity contribution in [1.82, 2.24) is 15.0 Å². The lowest BCUT2D eigenvalue weighted by Gasteiger charge is -1.98. The van der Waals surface area contributed by atoms with Gasteiger partial charge < -0.3 is 9.72 Å². The van der Waals surface area contributed by atoms with Crippen LogP contribution in [0.2, 0.25) is 0 Å². The lowest BCUT2D eigenvalue weighted by Crippen LogP contribution is -2.11. The molecule has 2 rings (SSSR count). The van der Waals surface area contributed by atoms with E-state index in [4.69, 9.17) is 4.74 Å². The van der Waals surface area contributed by atoms with Crippen molar-refractivity contribution in [3.8, 4) is 5.88 Å². The van der Waals surface area contributed by atoms with Crippen LogP contribution in [-0.4, -0.2) is 22.1 Å². The highest BCUT2D eigenvalue weighted by Crippen LogP contribution is 2.05. The highest BCUT2D eigenvalue weighted by Gasteiger charge is 2.03. The first-order chi connectivity index (χ1) is 6.31. The molecule has 5 heteroatoms. The second-order valence-electron chi connectivity index (χ2n) is 2.45. The van der Waals surface area contributed by atoms with Crippen LogP contribution in [0.15, 0.2) is 23.1 Å². The molecular formula is C8H7N3O2. The molecule has 13 heavy (non-hydrogen) atoms. The Morgan fingerprint density at radius 1 is 1.54 bits per heavy atom. The second-order valence-corrected chi connectivity index (χ2v) is 2.45. The molecule has 0 unspecified atom stereocenters. The van der Waals surface area contributed by atoms with Gasteiger partial charge in [0.05, 0.1) is 7.11 Å². The van der Waals surface area contributed by atoms with Crippen molar-refractivity contribution in [3.63, 3.8) is 0 Å². The van der Waals surface area contributed by atoms with Gasteiger partial charge in [0, 0.05) is 6.20 Å². The Morgan fingerprint density at radius 3 is 3.15 bits per heavy atom. The van der Waals surface area contributed by atoms with E-state index in [2.05, 4.69) is 15.0 Å². The van der Waals surface area contributed by atoms with Gasteiger partial charge in [-0.3, -0.25) is 4.79 Å². The van der Waals surface area contributed by atoms with Gasteiger partial charge in [0.15, 0.2) is 5.65 Å². The van der Waals surface area contributed by atoms with Crippen molar-refractivity contribution in [2.75, 3.05) is 7.11 Å². The van der Waals surface area contributed by atoms with Crippen molar-refractivity contribution >= 4 is 11.2 Å². The predicted octanol–water partition coefficient (Wildman–Crippen LogP) is 0.327. The second kappa shape index (κ2) is 2.85. The highest BCUT2D eigenvalue weighted by molar-refractivity contribution is 5.69. The first-order valence-corrected chi connectivity index (χ1v) is 3.70. The van der Waals surface area contributed by atoms with E-state index >= 15 is 0 Å². The van der Waals surface area contributed by atoms with Crippen molar-refractivity contribution < 1.29 is 4.74 Å². The van der Waals surface area contributed by atoms with E-state index < -0.39 is 0 Å². The van der Waals surface area contributed by atoms with E-state index in [1.54, 1.807) is 18.3 Å². The van der Waals surface area contributed by atoms with Gasteiger partial charge in [0.25, 0.3) is 5.88 Å². The Hall–Kier alpha value is -1.91. The van der Waals surface area contributed by atoms with Crippen molar-refractivity contribution in [2.24, 2.45) is 0 Å². The quantitative estimate of drug-likeness (QED) is 0.681. The number of methoxy groups -OCH3 is 1. The summed E-state index contributed by atoms with van der Waals surface area (Å²) in [5, 5.41) is 0. The molecule has 0 aromatic carbocycles.